The van der Waals surface area contributed by atoms with Crippen molar-refractivity contribution in [2.24, 2.45) is 4.99 Å². The number of carbonyl (C=O) groups excluding carboxylic acids is 1. The number of benzene rings is 1. The third kappa shape index (κ3) is 1.89. The summed E-state index contributed by atoms with van der Waals surface area (Å²) in [5.74, 6) is 0.500. The second-order valence-corrected chi connectivity index (χ2v) is 9.17. The van der Waals surface area contributed by atoms with Gasteiger partial charge in [-0.1, -0.05) is 0 Å². The second-order valence-electron chi connectivity index (χ2n) is 9.17. The van der Waals surface area contributed by atoms with Crippen LogP contribution in [-0.2, 0) is 12.0 Å². The number of fused-ring (bicyclic) bond motifs is 2. The average Bonchev–Trinajstić information content (AvgIpc) is 3.02. The van der Waals surface area contributed by atoms with E-state index in [0.717, 1.165) is 48.1 Å². The Morgan fingerprint density at radius 3 is 2.77 bits per heavy atom. The maximum atomic E-state index is 14.4. The number of ketones is 1. The predicted molar refractivity (Wildman–Crippen MR) is 101 cm³/mol. The summed E-state index contributed by atoms with van der Waals surface area (Å²) in [6.07, 6.45) is 3.16. The first-order valence-electron chi connectivity index (χ1n) is 9.44. The molecular weight excluding hydrogens is 329 g/mol. The summed E-state index contributed by atoms with van der Waals surface area (Å²) in [4.78, 5) is 19.9. The molecule has 0 aliphatic carbocycles. The molecule has 0 amide bonds. The molecule has 0 saturated carbocycles. The number of halogens is 1. The smallest absolute Gasteiger partial charge is 0.185 e. The Hall–Kier alpha value is -2.17. The van der Waals surface area contributed by atoms with Crippen molar-refractivity contribution in [2.75, 3.05) is 13.1 Å². The van der Waals surface area contributed by atoms with Gasteiger partial charge in [0, 0.05) is 46.3 Å². The molecule has 2 aromatic rings. The van der Waals surface area contributed by atoms with Gasteiger partial charge in [0.1, 0.15) is 18.2 Å². The number of nitrogens with zero attached hydrogens (tertiary/aromatic N) is 3. The Labute approximate surface area is 152 Å². The van der Waals surface area contributed by atoms with Crippen molar-refractivity contribution >= 4 is 22.5 Å². The first-order valence-corrected chi connectivity index (χ1v) is 9.44. The Bertz CT molecular complexity index is 1010. The van der Waals surface area contributed by atoms with Gasteiger partial charge in [0.2, 0.25) is 0 Å². The van der Waals surface area contributed by atoms with E-state index < -0.39 is 0 Å². The van der Waals surface area contributed by atoms with Crippen molar-refractivity contribution in [3.63, 3.8) is 0 Å². The second kappa shape index (κ2) is 4.76. The third-order valence-corrected chi connectivity index (χ3v) is 6.25. The summed E-state index contributed by atoms with van der Waals surface area (Å²) >= 11 is 0. The van der Waals surface area contributed by atoms with Crippen LogP contribution in [0.3, 0.4) is 0 Å². The van der Waals surface area contributed by atoms with Crippen LogP contribution in [0.1, 0.15) is 62.2 Å². The van der Waals surface area contributed by atoms with Crippen LogP contribution < -0.4 is 0 Å². The van der Waals surface area contributed by atoms with Crippen LogP contribution in [0, 0.1) is 5.82 Å². The largest absolute Gasteiger partial charge is 0.351 e. The molecule has 1 fully saturated rings. The summed E-state index contributed by atoms with van der Waals surface area (Å²) in [5.41, 5.74) is 3.39. The van der Waals surface area contributed by atoms with Crippen LogP contribution in [-0.4, -0.2) is 39.7 Å². The molecule has 3 aliphatic heterocycles. The maximum Gasteiger partial charge on any atom is 0.185 e. The van der Waals surface area contributed by atoms with Crippen molar-refractivity contribution in [1.82, 2.24) is 9.47 Å². The van der Waals surface area contributed by atoms with Gasteiger partial charge in [-0.25, -0.2) is 4.39 Å². The standard InChI is InChI=1S/C21H24FN3O/c1-20(2,3)25-14-9-12(22)8-13-16(26)11-23-19-18(17(13)14)15(25)10-21(4)6-5-7-24(19)21/h8-9H,5-7,10-11H2,1-4H3/t21-/m1/s1. The molecule has 5 heteroatoms. The van der Waals surface area contributed by atoms with Crippen molar-refractivity contribution in [1.29, 1.82) is 0 Å². The molecule has 0 unspecified atom stereocenters. The van der Waals surface area contributed by atoms with E-state index in [-0.39, 0.29) is 29.2 Å². The van der Waals surface area contributed by atoms with E-state index in [4.69, 9.17) is 4.99 Å². The number of Topliss-reactive ketones (excluding diaryl/α,β-unsaturated/α-hetero) is 1. The molecule has 4 heterocycles. The van der Waals surface area contributed by atoms with E-state index in [2.05, 4.69) is 37.2 Å². The SMILES string of the molecule is CC(C)(C)n1c2c3c4c(cc(F)cc41)C(=O)CN=C3N1CCC[C@]1(C)C2. The summed E-state index contributed by atoms with van der Waals surface area (Å²) in [6.45, 7) is 9.80. The van der Waals surface area contributed by atoms with Gasteiger partial charge in [-0.2, -0.15) is 0 Å². The number of carbonyl (C=O) groups is 1. The van der Waals surface area contributed by atoms with Gasteiger partial charge in [-0.3, -0.25) is 9.79 Å². The third-order valence-electron chi connectivity index (χ3n) is 6.25. The van der Waals surface area contributed by atoms with E-state index in [1.165, 1.54) is 11.8 Å². The average molecular weight is 353 g/mol. The lowest BCUT2D eigenvalue weighted by Crippen LogP contribution is -2.51. The summed E-state index contributed by atoms with van der Waals surface area (Å²) in [7, 11) is 0. The van der Waals surface area contributed by atoms with Crippen molar-refractivity contribution in [3.8, 4) is 0 Å². The lowest BCUT2D eigenvalue weighted by molar-refractivity contribution is 0.100. The lowest BCUT2D eigenvalue weighted by atomic mass is 9.85. The number of aromatic nitrogens is 1. The first-order chi connectivity index (χ1) is 12.2. The minimum absolute atomic E-state index is 0.0231. The molecule has 0 N–H and O–H groups in total. The molecule has 4 nitrogen and oxygen atoms in total. The van der Waals surface area contributed by atoms with E-state index in [1.807, 2.05) is 0 Å². The zero-order valence-corrected chi connectivity index (χ0v) is 15.8. The van der Waals surface area contributed by atoms with E-state index >= 15 is 0 Å². The van der Waals surface area contributed by atoms with Crippen LogP contribution >= 0.6 is 0 Å². The number of hydrogen-bond donors (Lipinski definition) is 0. The predicted octanol–water partition coefficient (Wildman–Crippen LogP) is 3.89. The van der Waals surface area contributed by atoms with Gasteiger partial charge < -0.3 is 9.47 Å². The van der Waals surface area contributed by atoms with Crippen molar-refractivity contribution in [2.45, 2.75) is 58.0 Å². The van der Waals surface area contributed by atoms with Crippen LogP contribution in [0.2, 0.25) is 0 Å². The highest BCUT2D eigenvalue weighted by atomic mass is 19.1. The maximum absolute atomic E-state index is 14.4. The highest BCUT2D eigenvalue weighted by Crippen LogP contribution is 2.46. The Kier molecular flexibility index (Phi) is 2.93. The molecule has 0 spiro atoms. The molecule has 0 bridgehead atoms. The van der Waals surface area contributed by atoms with Gasteiger partial charge in [-0.15, -0.1) is 0 Å². The van der Waals surface area contributed by atoms with Crippen molar-refractivity contribution < 1.29 is 9.18 Å². The topological polar surface area (TPSA) is 37.6 Å². The zero-order valence-electron chi connectivity index (χ0n) is 15.8. The van der Waals surface area contributed by atoms with Gasteiger partial charge in [-0.05, 0) is 52.7 Å². The number of amidine groups is 1. The van der Waals surface area contributed by atoms with Crippen molar-refractivity contribution in [3.05, 3.63) is 34.8 Å². The highest BCUT2D eigenvalue weighted by Gasteiger charge is 2.47. The van der Waals surface area contributed by atoms with Gasteiger partial charge in [0.15, 0.2) is 5.78 Å². The number of hydrogen-bond acceptors (Lipinski definition) is 3. The number of rotatable bonds is 0. The fraction of sp³-hybridized carbons (Fsp3) is 0.524. The summed E-state index contributed by atoms with van der Waals surface area (Å²) < 4.78 is 16.7. The molecule has 1 aromatic carbocycles. The zero-order chi connectivity index (χ0) is 18.4. The molecular formula is C21H24FN3O. The Balaban J connectivity index is 1.98. The van der Waals surface area contributed by atoms with Gasteiger partial charge in [0.25, 0.3) is 0 Å². The first kappa shape index (κ1) is 16.0. The van der Waals surface area contributed by atoms with Crippen LogP contribution in [0.4, 0.5) is 4.39 Å². The molecule has 0 radical (unpaired) electrons. The summed E-state index contributed by atoms with van der Waals surface area (Å²) in [6, 6.07) is 2.99. The minimum Gasteiger partial charge on any atom is -0.351 e. The lowest BCUT2D eigenvalue weighted by Gasteiger charge is -2.43. The minimum atomic E-state index is -0.351. The van der Waals surface area contributed by atoms with Gasteiger partial charge in [0.05, 0.1) is 5.52 Å². The summed E-state index contributed by atoms with van der Waals surface area (Å²) in [5, 5.41) is 0.895. The molecule has 136 valence electrons. The normalized spacial score (nSPS) is 24.7. The monoisotopic (exact) mass is 353 g/mol. The van der Waals surface area contributed by atoms with Crippen LogP contribution in [0.15, 0.2) is 17.1 Å². The molecule has 3 aliphatic rings. The van der Waals surface area contributed by atoms with Crippen LogP contribution in [0.5, 0.6) is 0 Å². The molecule has 26 heavy (non-hydrogen) atoms. The molecule has 1 atom stereocenters. The molecule has 1 aromatic heterocycles. The fourth-order valence-corrected chi connectivity index (χ4v) is 5.29. The van der Waals surface area contributed by atoms with Gasteiger partial charge >= 0.3 is 0 Å². The number of aliphatic imine (C=N–C) groups is 1. The fourth-order valence-electron chi connectivity index (χ4n) is 5.29. The van der Waals surface area contributed by atoms with E-state index in [1.54, 1.807) is 6.07 Å². The quantitative estimate of drug-likeness (QED) is 0.721. The molecule has 1 saturated heterocycles. The Morgan fingerprint density at radius 1 is 1.27 bits per heavy atom. The molecule has 5 rings (SSSR count). The van der Waals surface area contributed by atoms with E-state index in [9.17, 15) is 9.18 Å². The Morgan fingerprint density at radius 2 is 2.04 bits per heavy atom. The van der Waals surface area contributed by atoms with Crippen LogP contribution in [0.25, 0.3) is 10.9 Å². The highest BCUT2D eigenvalue weighted by molar-refractivity contribution is 6.21. The van der Waals surface area contributed by atoms with E-state index in [0.29, 0.717) is 5.56 Å².